The molecule has 0 unspecified atom stereocenters. The van der Waals surface area contributed by atoms with Gasteiger partial charge in [-0.25, -0.2) is 4.79 Å². The highest BCUT2D eigenvalue weighted by Gasteiger charge is 2.08. The number of ether oxygens (including phenoxy) is 1. The first kappa shape index (κ1) is 18.9. The average Bonchev–Trinajstić information content (AvgIpc) is 2.67. The predicted molar refractivity (Wildman–Crippen MR) is 105 cm³/mol. The van der Waals surface area contributed by atoms with Crippen LogP contribution in [0.1, 0.15) is 38.5 Å². The maximum absolute atomic E-state index is 11.3. The normalized spacial score (nSPS) is 15.4. The van der Waals surface area contributed by atoms with Gasteiger partial charge < -0.3 is 19.4 Å². The van der Waals surface area contributed by atoms with Crippen molar-refractivity contribution in [3.8, 4) is 5.75 Å². The van der Waals surface area contributed by atoms with Gasteiger partial charge in [-0.05, 0) is 37.6 Å². The number of nitrogens with one attached hydrogen (secondary N) is 1. The summed E-state index contributed by atoms with van der Waals surface area (Å²) in [5.74, 6) is 0.767. The van der Waals surface area contributed by atoms with Gasteiger partial charge in [0.2, 0.25) is 0 Å². The summed E-state index contributed by atoms with van der Waals surface area (Å²) in [5, 5.41) is 4.31. The molecule has 0 saturated carbocycles. The summed E-state index contributed by atoms with van der Waals surface area (Å²) in [6, 6.07) is 8.86. The zero-order valence-electron chi connectivity index (χ0n) is 15.5. The Morgan fingerprint density at radius 3 is 2.54 bits per heavy atom. The molecule has 3 rings (SSSR count). The van der Waals surface area contributed by atoms with Crippen molar-refractivity contribution >= 4 is 11.0 Å². The number of piperazine rings is 1. The molecular weight excluding hydrogens is 328 g/mol. The van der Waals surface area contributed by atoms with Crippen LogP contribution in [-0.4, -0.2) is 44.2 Å². The molecule has 1 aromatic heterocycles. The lowest BCUT2D eigenvalue weighted by atomic mass is 10.1. The zero-order valence-corrected chi connectivity index (χ0v) is 15.5. The van der Waals surface area contributed by atoms with Gasteiger partial charge in [0.1, 0.15) is 11.3 Å². The van der Waals surface area contributed by atoms with E-state index in [4.69, 9.17) is 9.15 Å². The molecule has 5 heteroatoms. The van der Waals surface area contributed by atoms with Crippen molar-refractivity contribution < 1.29 is 9.15 Å². The summed E-state index contributed by atoms with van der Waals surface area (Å²) < 4.78 is 11.0. The molecule has 2 heterocycles. The van der Waals surface area contributed by atoms with Gasteiger partial charge in [0.05, 0.1) is 6.61 Å². The molecule has 1 fully saturated rings. The Labute approximate surface area is 155 Å². The second-order valence-corrected chi connectivity index (χ2v) is 7.02. The van der Waals surface area contributed by atoms with Crippen molar-refractivity contribution in [1.29, 1.82) is 0 Å². The molecule has 1 saturated heterocycles. The molecule has 0 aliphatic carbocycles. The molecule has 0 radical (unpaired) electrons. The minimum Gasteiger partial charge on any atom is -0.493 e. The van der Waals surface area contributed by atoms with Crippen LogP contribution in [0, 0.1) is 0 Å². The van der Waals surface area contributed by atoms with E-state index in [-0.39, 0.29) is 5.63 Å². The van der Waals surface area contributed by atoms with Crippen LogP contribution in [0.4, 0.5) is 0 Å². The lowest BCUT2D eigenvalue weighted by Crippen LogP contribution is -2.43. The van der Waals surface area contributed by atoms with Crippen LogP contribution in [-0.2, 0) is 0 Å². The first-order valence-corrected chi connectivity index (χ1v) is 9.91. The van der Waals surface area contributed by atoms with Crippen LogP contribution in [0.2, 0.25) is 0 Å². The van der Waals surface area contributed by atoms with E-state index in [0.717, 1.165) is 30.6 Å². The maximum Gasteiger partial charge on any atom is 0.336 e. The first-order valence-electron chi connectivity index (χ1n) is 9.91. The summed E-state index contributed by atoms with van der Waals surface area (Å²) in [6.07, 6.45) is 7.50. The Morgan fingerprint density at radius 2 is 1.69 bits per heavy atom. The zero-order chi connectivity index (χ0) is 18.0. The molecule has 142 valence electrons. The third-order valence-corrected chi connectivity index (χ3v) is 4.94. The molecule has 1 aliphatic rings. The van der Waals surface area contributed by atoms with Crippen LogP contribution < -0.4 is 15.7 Å². The molecule has 0 bridgehead atoms. The third-order valence-electron chi connectivity index (χ3n) is 4.94. The number of unbranched alkanes of at least 4 members (excludes halogenated alkanes) is 5. The van der Waals surface area contributed by atoms with E-state index >= 15 is 0 Å². The van der Waals surface area contributed by atoms with Crippen LogP contribution >= 0.6 is 0 Å². The van der Waals surface area contributed by atoms with Crippen molar-refractivity contribution in [1.82, 2.24) is 10.2 Å². The van der Waals surface area contributed by atoms with Crippen LogP contribution in [0.25, 0.3) is 11.0 Å². The van der Waals surface area contributed by atoms with Gasteiger partial charge in [-0.2, -0.15) is 0 Å². The number of rotatable bonds is 10. The number of nitrogens with zero attached hydrogens (tertiary/aromatic N) is 1. The molecule has 1 N–H and O–H groups in total. The van der Waals surface area contributed by atoms with E-state index < -0.39 is 0 Å². The van der Waals surface area contributed by atoms with Crippen LogP contribution in [0.15, 0.2) is 39.5 Å². The van der Waals surface area contributed by atoms with Crippen molar-refractivity contribution in [3.05, 3.63) is 40.8 Å². The lowest BCUT2D eigenvalue weighted by Gasteiger charge is -2.27. The van der Waals surface area contributed by atoms with E-state index in [1.807, 2.05) is 12.1 Å². The molecular formula is C21H30N2O3. The molecule has 0 amide bonds. The first-order chi connectivity index (χ1) is 12.8. The maximum atomic E-state index is 11.3. The van der Waals surface area contributed by atoms with Gasteiger partial charge in [0, 0.05) is 43.7 Å². The number of benzene rings is 1. The van der Waals surface area contributed by atoms with E-state index in [1.165, 1.54) is 57.8 Å². The lowest BCUT2D eigenvalue weighted by molar-refractivity contribution is 0.235. The Morgan fingerprint density at radius 1 is 0.962 bits per heavy atom. The minimum atomic E-state index is -0.327. The topological polar surface area (TPSA) is 54.7 Å². The highest BCUT2D eigenvalue weighted by Crippen LogP contribution is 2.19. The molecule has 2 aromatic rings. The molecule has 0 atom stereocenters. The monoisotopic (exact) mass is 358 g/mol. The van der Waals surface area contributed by atoms with Crippen molar-refractivity contribution in [2.24, 2.45) is 0 Å². The second kappa shape index (κ2) is 10.3. The summed E-state index contributed by atoms with van der Waals surface area (Å²) in [4.78, 5) is 13.8. The SMILES string of the molecule is O=c1ccc2ccc(OCCCCCCCCN3CCNCC3)cc2o1. The highest BCUT2D eigenvalue weighted by molar-refractivity contribution is 5.77. The van der Waals surface area contributed by atoms with Gasteiger partial charge in [-0.1, -0.05) is 25.7 Å². The summed E-state index contributed by atoms with van der Waals surface area (Å²) >= 11 is 0. The minimum absolute atomic E-state index is 0.327. The Hall–Kier alpha value is -1.85. The van der Waals surface area contributed by atoms with Gasteiger partial charge in [-0.3, -0.25) is 0 Å². The quantitative estimate of drug-likeness (QED) is 0.521. The smallest absolute Gasteiger partial charge is 0.336 e. The third kappa shape index (κ3) is 6.15. The van der Waals surface area contributed by atoms with Gasteiger partial charge in [0.25, 0.3) is 0 Å². The van der Waals surface area contributed by atoms with Gasteiger partial charge in [0.15, 0.2) is 0 Å². The second-order valence-electron chi connectivity index (χ2n) is 7.02. The predicted octanol–water partition coefficient (Wildman–Crippen LogP) is 3.42. The summed E-state index contributed by atoms with van der Waals surface area (Å²) in [7, 11) is 0. The average molecular weight is 358 g/mol. The van der Waals surface area contributed by atoms with Gasteiger partial charge >= 0.3 is 5.63 Å². The molecule has 26 heavy (non-hydrogen) atoms. The molecule has 0 spiro atoms. The molecule has 1 aliphatic heterocycles. The van der Waals surface area contributed by atoms with Gasteiger partial charge in [-0.15, -0.1) is 0 Å². The fraction of sp³-hybridized carbons (Fsp3) is 0.571. The van der Waals surface area contributed by atoms with Crippen molar-refractivity contribution in [2.75, 3.05) is 39.3 Å². The summed E-state index contributed by atoms with van der Waals surface area (Å²) in [6.45, 7) is 6.66. The Balaban J connectivity index is 1.23. The molecule has 5 nitrogen and oxygen atoms in total. The van der Waals surface area contributed by atoms with Crippen molar-refractivity contribution in [3.63, 3.8) is 0 Å². The Bertz CT molecular complexity index is 723. The van der Waals surface area contributed by atoms with E-state index in [2.05, 4.69) is 10.2 Å². The Kier molecular flexibility index (Phi) is 7.52. The number of hydrogen-bond donors (Lipinski definition) is 1. The van der Waals surface area contributed by atoms with E-state index in [1.54, 1.807) is 12.1 Å². The largest absolute Gasteiger partial charge is 0.493 e. The fourth-order valence-corrected chi connectivity index (χ4v) is 3.40. The standard InChI is InChI=1S/C21H30N2O3/c24-21-10-8-18-7-9-19(17-20(18)26-21)25-16-6-4-2-1-3-5-13-23-14-11-22-12-15-23/h7-10,17,22H,1-6,11-16H2. The molecule has 1 aromatic carbocycles. The van der Waals surface area contributed by atoms with Crippen molar-refractivity contribution in [2.45, 2.75) is 38.5 Å². The highest BCUT2D eigenvalue weighted by atomic mass is 16.5. The number of hydrogen-bond acceptors (Lipinski definition) is 5. The van der Waals surface area contributed by atoms with Crippen LogP contribution in [0.3, 0.4) is 0 Å². The fourth-order valence-electron chi connectivity index (χ4n) is 3.40. The summed E-state index contributed by atoms with van der Waals surface area (Å²) in [5.41, 5.74) is 0.256. The van der Waals surface area contributed by atoms with E-state index in [0.29, 0.717) is 12.2 Å². The van der Waals surface area contributed by atoms with Crippen LogP contribution in [0.5, 0.6) is 5.75 Å². The van der Waals surface area contributed by atoms with E-state index in [9.17, 15) is 4.79 Å². The number of fused-ring (bicyclic) bond motifs is 1.